The molecule has 0 aliphatic heterocycles. The lowest BCUT2D eigenvalue weighted by molar-refractivity contribution is 0.0976. The number of nitrogens with one attached hydrogen (secondary N) is 1. The standard InChI is InChI=1S/C31H20BrNO3S/c32-22-8-4-7-19-26(22)30(35)27-23(13-14-24(28(27)29(19)34)37-18-5-2-1-3-6-18)33-31(36)17-11-9-16(10-12-17)25-20-15-21(20)25/h1-14,20-21,25H,15H2,(H,33,36). The summed E-state index contributed by atoms with van der Waals surface area (Å²) in [6.07, 6.45) is 1.34. The molecule has 0 aromatic heterocycles. The predicted molar refractivity (Wildman–Crippen MR) is 147 cm³/mol. The Morgan fingerprint density at radius 1 is 0.784 bits per heavy atom. The summed E-state index contributed by atoms with van der Waals surface area (Å²) in [5, 5.41) is 2.92. The summed E-state index contributed by atoms with van der Waals surface area (Å²) in [6.45, 7) is 0. The fraction of sp³-hybridized carbons (Fsp3) is 0.129. The number of ketones is 2. The van der Waals surface area contributed by atoms with Crippen LogP contribution in [0.25, 0.3) is 0 Å². The van der Waals surface area contributed by atoms with E-state index in [1.54, 1.807) is 24.3 Å². The van der Waals surface area contributed by atoms with Crippen molar-refractivity contribution < 1.29 is 14.4 Å². The summed E-state index contributed by atoms with van der Waals surface area (Å²) in [4.78, 5) is 42.5. The van der Waals surface area contributed by atoms with Crippen LogP contribution in [0.4, 0.5) is 5.69 Å². The minimum Gasteiger partial charge on any atom is -0.321 e. The van der Waals surface area contributed by atoms with Gasteiger partial charge in [-0.2, -0.15) is 0 Å². The Kier molecular flexibility index (Phi) is 5.24. The first-order valence-corrected chi connectivity index (χ1v) is 13.8. The molecule has 3 aliphatic carbocycles. The Morgan fingerprint density at radius 3 is 2.24 bits per heavy atom. The van der Waals surface area contributed by atoms with Gasteiger partial charge < -0.3 is 5.32 Å². The van der Waals surface area contributed by atoms with E-state index in [1.807, 2.05) is 60.7 Å². The van der Waals surface area contributed by atoms with E-state index in [-0.39, 0.29) is 23.0 Å². The van der Waals surface area contributed by atoms with E-state index in [0.717, 1.165) is 16.7 Å². The van der Waals surface area contributed by atoms with Crippen molar-refractivity contribution in [1.29, 1.82) is 0 Å². The van der Waals surface area contributed by atoms with E-state index >= 15 is 0 Å². The predicted octanol–water partition coefficient (Wildman–Crippen LogP) is 7.36. The molecule has 37 heavy (non-hydrogen) atoms. The van der Waals surface area contributed by atoms with Crippen molar-refractivity contribution in [1.82, 2.24) is 0 Å². The second kappa shape index (κ2) is 8.54. The topological polar surface area (TPSA) is 63.2 Å². The van der Waals surface area contributed by atoms with Crippen molar-refractivity contribution in [3.05, 3.63) is 123 Å². The zero-order chi connectivity index (χ0) is 25.3. The van der Waals surface area contributed by atoms with Crippen LogP contribution in [0.3, 0.4) is 0 Å². The van der Waals surface area contributed by atoms with Crippen LogP contribution in [0.5, 0.6) is 0 Å². The van der Waals surface area contributed by atoms with E-state index in [2.05, 4.69) is 21.2 Å². The molecule has 2 unspecified atom stereocenters. The van der Waals surface area contributed by atoms with E-state index in [9.17, 15) is 14.4 Å². The van der Waals surface area contributed by atoms with E-state index in [4.69, 9.17) is 0 Å². The molecule has 0 heterocycles. The number of fused-ring (bicyclic) bond motifs is 3. The van der Waals surface area contributed by atoms with Crippen LogP contribution in [0.15, 0.2) is 99.2 Å². The zero-order valence-electron chi connectivity index (χ0n) is 19.5. The third-order valence-electron chi connectivity index (χ3n) is 7.56. The molecule has 0 radical (unpaired) electrons. The normalized spacial score (nSPS) is 20.5. The Bertz CT molecular complexity index is 1620. The van der Waals surface area contributed by atoms with Crippen molar-refractivity contribution in [3.63, 3.8) is 0 Å². The summed E-state index contributed by atoms with van der Waals surface area (Å²) in [5.41, 5.74) is 3.39. The fourth-order valence-electron chi connectivity index (χ4n) is 5.38. The molecule has 0 bridgehead atoms. The first-order valence-electron chi connectivity index (χ1n) is 12.2. The van der Waals surface area contributed by atoms with Gasteiger partial charge in [-0.3, -0.25) is 14.4 Å². The molecule has 4 nitrogen and oxygen atoms in total. The van der Waals surface area contributed by atoms with Gasteiger partial charge in [0.2, 0.25) is 0 Å². The van der Waals surface area contributed by atoms with Gasteiger partial charge in [0.15, 0.2) is 11.6 Å². The van der Waals surface area contributed by atoms with Gasteiger partial charge in [-0.25, -0.2) is 0 Å². The molecular formula is C31H20BrNO3S. The summed E-state index contributed by atoms with van der Waals surface area (Å²) in [7, 11) is 0. The molecule has 1 amide bonds. The third kappa shape index (κ3) is 3.78. The highest BCUT2D eigenvalue weighted by atomic mass is 79.9. The number of hydrogen-bond acceptors (Lipinski definition) is 4. The van der Waals surface area contributed by atoms with Gasteiger partial charge in [-0.1, -0.05) is 70.2 Å². The maximum absolute atomic E-state index is 13.8. The van der Waals surface area contributed by atoms with Gasteiger partial charge in [0, 0.05) is 36.5 Å². The largest absolute Gasteiger partial charge is 0.321 e. The van der Waals surface area contributed by atoms with Crippen molar-refractivity contribution in [2.75, 3.05) is 5.32 Å². The smallest absolute Gasteiger partial charge is 0.255 e. The van der Waals surface area contributed by atoms with Crippen molar-refractivity contribution >= 4 is 50.9 Å². The van der Waals surface area contributed by atoms with Crippen LogP contribution in [0.2, 0.25) is 0 Å². The SMILES string of the molecule is O=C(Nc1ccc(Sc2ccccc2)c2c1C(=O)c1c(Br)cccc1C2=O)c1ccc(C2C3CC32)cc1. The van der Waals surface area contributed by atoms with Gasteiger partial charge >= 0.3 is 0 Å². The Balaban J connectivity index is 1.28. The number of halogens is 1. The lowest BCUT2D eigenvalue weighted by Gasteiger charge is -2.23. The van der Waals surface area contributed by atoms with Crippen molar-refractivity contribution in [3.8, 4) is 0 Å². The average Bonchev–Trinajstić information content (AvgIpc) is 3.82. The van der Waals surface area contributed by atoms with Crippen LogP contribution in [0.1, 0.15) is 60.1 Å². The number of hydrogen-bond donors (Lipinski definition) is 1. The second-order valence-corrected chi connectivity index (χ2v) is 11.7. The maximum Gasteiger partial charge on any atom is 0.255 e. The molecule has 4 aromatic carbocycles. The lowest BCUT2D eigenvalue weighted by atomic mass is 9.83. The molecule has 2 atom stereocenters. The van der Waals surface area contributed by atoms with Crippen LogP contribution in [0, 0.1) is 11.8 Å². The lowest BCUT2D eigenvalue weighted by Crippen LogP contribution is -2.25. The van der Waals surface area contributed by atoms with Crippen molar-refractivity contribution in [2.24, 2.45) is 11.8 Å². The molecule has 0 saturated heterocycles. The molecule has 180 valence electrons. The summed E-state index contributed by atoms with van der Waals surface area (Å²) in [6, 6.07) is 26.2. The number of benzene rings is 4. The molecule has 7 rings (SSSR count). The molecule has 2 saturated carbocycles. The fourth-order valence-corrected chi connectivity index (χ4v) is 6.90. The van der Waals surface area contributed by atoms with E-state index in [0.29, 0.717) is 43.2 Å². The first kappa shape index (κ1) is 22.7. The van der Waals surface area contributed by atoms with E-state index < -0.39 is 0 Å². The van der Waals surface area contributed by atoms with Crippen LogP contribution >= 0.6 is 27.7 Å². The maximum atomic E-state index is 13.8. The molecule has 4 aromatic rings. The molecule has 3 aliphatic rings. The first-order chi connectivity index (χ1) is 18.0. The number of amides is 1. The van der Waals surface area contributed by atoms with Crippen LogP contribution in [-0.2, 0) is 0 Å². The Morgan fingerprint density at radius 2 is 1.54 bits per heavy atom. The molecular weight excluding hydrogens is 546 g/mol. The zero-order valence-corrected chi connectivity index (χ0v) is 21.9. The van der Waals surface area contributed by atoms with E-state index in [1.165, 1.54) is 23.7 Å². The van der Waals surface area contributed by atoms with Gasteiger partial charge in [0.05, 0.1) is 11.3 Å². The minimum absolute atomic E-state index is 0.229. The monoisotopic (exact) mass is 565 g/mol. The summed E-state index contributed by atoms with van der Waals surface area (Å²) in [5.74, 6) is 1.55. The Hall–Kier alpha value is -3.48. The molecule has 1 N–H and O–H groups in total. The van der Waals surface area contributed by atoms with Gasteiger partial charge in [-0.15, -0.1) is 0 Å². The number of rotatable bonds is 5. The highest BCUT2D eigenvalue weighted by Gasteiger charge is 2.64. The van der Waals surface area contributed by atoms with Gasteiger partial charge in [-0.05, 0) is 72.2 Å². The number of carbonyl (C=O) groups excluding carboxylic acids is 3. The highest BCUT2D eigenvalue weighted by molar-refractivity contribution is 9.10. The second-order valence-electron chi connectivity index (χ2n) is 9.76. The average molecular weight is 566 g/mol. The third-order valence-corrected chi connectivity index (χ3v) is 9.29. The Labute approximate surface area is 226 Å². The quantitative estimate of drug-likeness (QED) is 0.242. The van der Waals surface area contributed by atoms with Gasteiger partial charge in [0.1, 0.15) is 0 Å². The van der Waals surface area contributed by atoms with Crippen molar-refractivity contribution in [2.45, 2.75) is 22.1 Å². The minimum atomic E-state index is -0.309. The van der Waals surface area contributed by atoms with Crippen LogP contribution in [-0.4, -0.2) is 17.5 Å². The molecule has 6 heteroatoms. The molecule has 0 spiro atoms. The highest BCUT2D eigenvalue weighted by Crippen LogP contribution is 2.73. The summed E-state index contributed by atoms with van der Waals surface area (Å²) < 4.78 is 0.557. The number of anilines is 1. The van der Waals surface area contributed by atoms with Crippen LogP contribution < -0.4 is 5.32 Å². The summed E-state index contributed by atoms with van der Waals surface area (Å²) >= 11 is 4.88. The van der Waals surface area contributed by atoms with Gasteiger partial charge in [0.25, 0.3) is 5.91 Å². The molecule has 2 fully saturated rings. The number of carbonyl (C=O) groups is 3.